The minimum absolute atomic E-state index is 0.147. The Hall–Kier alpha value is -1.24. The van der Waals surface area contributed by atoms with Crippen LogP contribution in [0.1, 0.15) is 88.1 Å². The number of thioether (sulfide) groups is 1. The minimum atomic E-state index is -1.09. The van der Waals surface area contributed by atoms with E-state index in [1.165, 1.54) is 29.7 Å². The first-order chi connectivity index (χ1) is 15.3. The fourth-order valence-electron chi connectivity index (χ4n) is 5.31. The summed E-state index contributed by atoms with van der Waals surface area (Å²) in [5.74, 6) is 2.57. The zero-order valence-electron chi connectivity index (χ0n) is 19.5. The van der Waals surface area contributed by atoms with Crippen LogP contribution in [0.5, 0.6) is 0 Å². The van der Waals surface area contributed by atoms with Gasteiger partial charge in [-0.1, -0.05) is 24.3 Å². The topological polar surface area (TPSA) is 54.9 Å². The van der Waals surface area contributed by atoms with Crippen LogP contribution in [0, 0.1) is 11.3 Å². The molecule has 0 radical (unpaired) electrons. The molecule has 2 aromatic rings. The van der Waals surface area contributed by atoms with E-state index in [1.807, 2.05) is 44.9 Å². The average Bonchev–Trinajstić information content (AvgIpc) is 3.57. The molecule has 1 aromatic heterocycles. The molecule has 2 atom stereocenters. The van der Waals surface area contributed by atoms with Crippen molar-refractivity contribution >= 4 is 22.7 Å². The molecule has 0 amide bonds. The van der Waals surface area contributed by atoms with Gasteiger partial charge < -0.3 is 0 Å². The third-order valence-corrected chi connectivity index (χ3v) is 10.2. The smallest absolute Gasteiger partial charge is 0.114 e. The van der Waals surface area contributed by atoms with Crippen LogP contribution in [0.3, 0.4) is 0 Å². The number of fused-ring (bicyclic) bond motifs is 1. The molecule has 0 unspecified atom stereocenters. The van der Waals surface area contributed by atoms with Crippen molar-refractivity contribution in [3.8, 4) is 0 Å². The molecule has 3 aliphatic carbocycles. The van der Waals surface area contributed by atoms with Crippen molar-refractivity contribution in [2.75, 3.05) is 5.75 Å². The van der Waals surface area contributed by atoms with Crippen molar-refractivity contribution in [1.82, 2.24) is 14.7 Å². The molecule has 1 heterocycles. The number of nitrogens with one attached hydrogen (secondary N) is 1. The predicted octanol–water partition coefficient (Wildman–Crippen LogP) is 5.97. The Balaban J connectivity index is 1.29. The average molecular weight is 470 g/mol. The molecule has 0 bridgehead atoms. The summed E-state index contributed by atoms with van der Waals surface area (Å²) < 4.78 is 16.3. The Morgan fingerprint density at radius 3 is 2.50 bits per heavy atom. The quantitative estimate of drug-likeness (QED) is 0.529. The molecular formula is C26H35N3OS2. The Morgan fingerprint density at radius 2 is 1.84 bits per heavy atom. The first-order valence-electron chi connectivity index (χ1n) is 12.0. The van der Waals surface area contributed by atoms with Gasteiger partial charge in [-0.2, -0.15) is 0 Å². The highest BCUT2D eigenvalue weighted by atomic mass is 32.2. The first-order valence-corrected chi connectivity index (χ1v) is 14.2. The number of nitrogens with zero attached hydrogens (tertiary/aromatic N) is 2. The van der Waals surface area contributed by atoms with E-state index < -0.39 is 11.0 Å². The summed E-state index contributed by atoms with van der Waals surface area (Å²) in [6.45, 7) is 6.14. The molecule has 1 N–H and O–H groups in total. The van der Waals surface area contributed by atoms with E-state index in [0.717, 1.165) is 48.7 Å². The standard InChI is InChI=1S/C26H35N3OS2/c1-25(2,3)32(30)29-24-21-7-5-4-6-20(21)14-26(24)12-10-19(11-13-26)22-15-28-23(16-27-22)31-17-18-8-9-18/h4-7,15-16,18-19,24,29H,8-14,17H2,1-3H3/t19?,24-,26?,32-/m1/s1. The maximum Gasteiger partial charge on any atom is 0.114 e. The molecule has 0 saturated heterocycles. The SMILES string of the molecule is CC(C)(C)[S@@](=O)N[C@@H]1c2ccccc2CC12CCC(c1cnc(SCC3CC3)cn1)CC2. The zero-order chi connectivity index (χ0) is 22.3. The number of hydrogen-bond acceptors (Lipinski definition) is 4. The van der Waals surface area contributed by atoms with Crippen LogP contribution in [0.2, 0.25) is 0 Å². The second kappa shape index (κ2) is 8.84. The number of rotatable bonds is 6. The van der Waals surface area contributed by atoms with Gasteiger partial charge in [0.2, 0.25) is 0 Å². The van der Waals surface area contributed by atoms with Crippen LogP contribution < -0.4 is 4.72 Å². The maximum atomic E-state index is 13.1. The lowest BCUT2D eigenvalue weighted by Crippen LogP contribution is -2.43. The molecule has 2 saturated carbocycles. The summed E-state index contributed by atoms with van der Waals surface area (Å²) in [4.78, 5) is 9.51. The molecule has 32 heavy (non-hydrogen) atoms. The van der Waals surface area contributed by atoms with Crippen LogP contribution in [0.25, 0.3) is 0 Å². The Labute approximate surface area is 199 Å². The highest BCUT2D eigenvalue weighted by molar-refractivity contribution is 7.99. The second-order valence-electron chi connectivity index (χ2n) is 11.0. The van der Waals surface area contributed by atoms with E-state index in [4.69, 9.17) is 9.97 Å². The summed E-state index contributed by atoms with van der Waals surface area (Å²) in [5.41, 5.74) is 4.06. The van der Waals surface area contributed by atoms with Gasteiger partial charge in [-0.15, -0.1) is 11.8 Å². The Bertz CT molecular complexity index is 973. The van der Waals surface area contributed by atoms with Crippen molar-refractivity contribution < 1.29 is 4.21 Å². The van der Waals surface area contributed by atoms with Gasteiger partial charge in [0.15, 0.2) is 0 Å². The van der Waals surface area contributed by atoms with Gasteiger partial charge in [-0.3, -0.25) is 4.98 Å². The van der Waals surface area contributed by atoms with Crippen molar-refractivity contribution in [3.63, 3.8) is 0 Å². The summed E-state index contributed by atoms with van der Waals surface area (Å²) in [5, 5.41) is 1.06. The molecule has 5 rings (SSSR count). The lowest BCUT2D eigenvalue weighted by molar-refractivity contribution is 0.140. The summed E-state index contributed by atoms with van der Waals surface area (Å²) >= 11 is 1.85. The predicted molar refractivity (Wildman–Crippen MR) is 133 cm³/mol. The monoisotopic (exact) mass is 469 g/mol. The molecule has 1 spiro atoms. The lowest BCUT2D eigenvalue weighted by Gasteiger charge is -2.42. The largest absolute Gasteiger partial charge is 0.257 e. The normalized spacial score (nSPS) is 28.6. The van der Waals surface area contributed by atoms with E-state index in [0.29, 0.717) is 5.92 Å². The van der Waals surface area contributed by atoms with Crippen LogP contribution >= 0.6 is 11.8 Å². The second-order valence-corrected chi connectivity index (χ2v) is 14.0. The van der Waals surface area contributed by atoms with Gasteiger partial charge in [0.1, 0.15) is 5.03 Å². The molecule has 172 valence electrons. The lowest BCUT2D eigenvalue weighted by atomic mass is 9.66. The number of benzene rings is 1. The van der Waals surface area contributed by atoms with Crippen molar-refractivity contribution in [2.24, 2.45) is 11.3 Å². The molecule has 1 aromatic carbocycles. The minimum Gasteiger partial charge on any atom is -0.257 e. The first kappa shape index (κ1) is 22.5. The van der Waals surface area contributed by atoms with E-state index in [9.17, 15) is 4.21 Å². The van der Waals surface area contributed by atoms with Gasteiger partial charge in [-0.25, -0.2) is 13.9 Å². The third kappa shape index (κ3) is 4.69. The fourth-order valence-corrected chi connectivity index (χ4v) is 7.25. The number of aromatic nitrogens is 2. The maximum absolute atomic E-state index is 13.1. The van der Waals surface area contributed by atoms with E-state index in [2.05, 4.69) is 29.0 Å². The number of hydrogen-bond donors (Lipinski definition) is 1. The molecular weight excluding hydrogens is 434 g/mol. The molecule has 3 aliphatic rings. The van der Waals surface area contributed by atoms with Crippen molar-refractivity contribution in [3.05, 3.63) is 53.5 Å². The third-order valence-electron chi connectivity index (χ3n) is 7.51. The van der Waals surface area contributed by atoms with Crippen LogP contribution in [0.15, 0.2) is 41.7 Å². The zero-order valence-corrected chi connectivity index (χ0v) is 21.1. The van der Waals surface area contributed by atoms with Gasteiger partial charge in [0.05, 0.1) is 33.7 Å². The van der Waals surface area contributed by atoms with E-state index in [-0.39, 0.29) is 16.2 Å². The molecule has 2 fully saturated rings. The van der Waals surface area contributed by atoms with E-state index >= 15 is 0 Å². The van der Waals surface area contributed by atoms with Gasteiger partial charge in [-0.05, 0) is 88.2 Å². The fraction of sp³-hybridized carbons (Fsp3) is 0.615. The molecule has 4 nitrogen and oxygen atoms in total. The molecule has 6 heteroatoms. The van der Waals surface area contributed by atoms with Crippen molar-refractivity contribution in [2.45, 2.75) is 87.4 Å². The molecule has 0 aliphatic heterocycles. The highest BCUT2D eigenvalue weighted by Crippen LogP contribution is 2.56. The summed E-state index contributed by atoms with van der Waals surface area (Å²) in [6.07, 6.45) is 12.3. The van der Waals surface area contributed by atoms with E-state index in [1.54, 1.807) is 0 Å². The van der Waals surface area contributed by atoms with Crippen LogP contribution in [-0.4, -0.2) is 24.7 Å². The summed E-state index contributed by atoms with van der Waals surface area (Å²) in [7, 11) is -1.09. The van der Waals surface area contributed by atoms with Crippen LogP contribution in [0.4, 0.5) is 0 Å². The Morgan fingerprint density at radius 1 is 1.09 bits per heavy atom. The van der Waals surface area contributed by atoms with Gasteiger partial charge >= 0.3 is 0 Å². The van der Waals surface area contributed by atoms with Crippen LogP contribution in [-0.2, 0) is 17.4 Å². The van der Waals surface area contributed by atoms with Gasteiger partial charge in [0, 0.05) is 17.9 Å². The van der Waals surface area contributed by atoms with Gasteiger partial charge in [0.25, 0.3) is 0 Å². The summed E-state index contributed by atoms with van der Waals surface area (Å²) in [6, 6.07) is 8.91. The Kier molecular flexibility index (Phi) is 6.23. The van der Waals surface area contributed by atoms with Crippen molar-refractivity contribution in [1.29, 1.82) is 0 Å². The highest BCUT2D eigenvalue weighted by Gasteiger charge is 2.49.